The number of benzene rings is 1. The van der Waals surface area contributed by atoms with Gasteiger partial charge in [-0.15, -0.1) is 0 Å². The molecular weight excluding hydrogens is 358 g/mol. The van der Waals surface area contributed by atoms with Gasteiger partial charge in [0.15, 0.2) is 5.58 Å². The Kier molecular flexibility index (Phi) is 3.95. The maximum absolute atomic E-state index is 11.8. The summed E-state index contributed by atoms with van der Waals surface area (Å²) in [6, 6.07) is 3.77. The number of amides is 1. The predicted molar refractivity (Wildman–Crippen MR) is 85.4 cm³/mol. The minimum atomic E-state index is -0.345. The van der Waals surface area contributed by atoms with Crippen LogP contribution in [0.3, 0.4) is 0 Å². The van der Waals surface area contributed by atoms with E-state index in [1.165, 1.54) is 0 Å². The second kappa shape index (κ2) is 5.73. The van der Waals surface area contributed by atoms with Crippen LogP contribution in [0.5, 0.6) is 0 Å². The van der Waals surface area contributed by atoms with E-state index in [1.54, 1.807) is 24.1 Å². The molecule has 0 N–H and O–H groups in total. The van der Waals surface area contributed by atoms with Crippen molar-refractivity contribution >= 4 is 50.7 Å². The number of ether oxygens (including phenoxy) is 1. The standard InChI is InChI=1S/C15H13BrClNO3/c1-2-20-15(19)18-5-3-10-11-7-9(16)8-12(17)14(11)21-13(10)4-6-18/h3,5,7-8H,2,4,6H2,1H3. The van der Waals surface area contributed by atoms with Crippen LogP contribution in [0.15, 0.2) is 27.2 Å². The molecule has 0 fully saturated rings. The highest BCUT2D eigenvalue weighted by Gasteiger charge is 2.21. The normalized spacial score (nSPS) is 14.1. The van der Waals surface area contributed by atoms with Crippen LogP contribution in [0, 0.1) is 0 Å². The zero-order chi connectivity index (χ0) is 15.0. The lowest BCUT2D eigenvalue weighted by molar-refractivity contribution is 0.123. The highest BCUT2D eigenvalue weighted by Crippen LogP contribution is 2.36. The van der Waals surface area contributed by atoms with Gasteiger partial charge in [-0.1, -0.05) is 27.5 Å². The number of hydrogen-bond donors (Lipinski definition) is 0. The molecule has 2 aromatic rings. The minimum Gasteiger partial charge on any atom is -0.459 e. The molecule has 0 unspecified atom stereocenters. The Morgan fingerprint density at radius 3 is 3.10 bits per heavy atom. The van der Waals surface area contributed by atoms with E-state index in [0.717, 1.165) is 21.2 Å². The summed E-state index contributed by atoms with van der Waals surface area (Å²) in [7, 11) is 0. The molecule has 1 aliphatic rings. The Balaban J connectivity index is 2.02. The fourth-order valence-electron chi connectivity index (χ4n) is 2.38. The molecule has 6 heteroatoms. The highest BCUT2D eigenvalue weighted by atomic mass is 79.9. The molecule has 0 atom stereocenters. The molecule has 110 valence electrons. The summed E-state index contributed by atoms with van der Waals surface area (Å²) in [6.45, 7) is 2.66. The van der Waals surface area contributed by atoms with Gasteiger partial charge in [0.05, 0.1) is 11.6 Å². The Labute approximate surface area is 135 Å². The Bertz CT molecular complexity index is 738. The fourth-order valence-corrected chi connectivity index (χ4v) is 3.23. The molecular formula is C15H13BrClNO3. The number of fused-ring (bicyclic) bond motifs is 3. The Morgan fingerprint density at radius 1 is 1.52 bits per heavy atom. The fraction of sp³-hybridized carbons (Fsp3) is 0.267. The first-order valence-electron chi connectivity index (χ1n) is 6.62. The van der Waals surface area contributed by atoms with E-state index >= 15 is 0 Å². The molecule has 4 nitrogen and oxygen atoms in total. The lowest BCUT2D eigenvalue weighted by Crippen LogP contribution is -2.27. The van der Waals surface area contributed by atoms with Crippen molar-refractivity contribution in [1.82, 2.24) is 4.90 Å². The highest BCUT2D eigenvalue weighted by molar-refractivity contribution is 9.10. The maximum Gasteiger partial charge on any atom is 0.413 e. The van der Waals surface area contributed by atoms with Gasteiger partial charge in [-0.2, -0.15) is 0 Å². The summed E-state index contributed by atoms with van der Waals surface area (Å²) in [5.41, 5.74) is 1.64. The number of hydrogen-bond acceptors (Lipinski definition) is 3. The van der Waals surface area contributed by atoms with Crippen molar-refractivity contribution in [2.24, 2.45) is 0 Å². The van der Waals surface area contributed by atoms with Gasteiger partial charge in [-0.25, -0.2) is 4.79 Å². The molecule has 3 rings (SSSR count). The van der Waals surface area contributed by atoms with Gasteiger partial charge in [0.1, 0.15) is 5.76 Å². The van der Waals surface area contributed by atoms with E-state index in [-0.39, 0.29) is 6.09 Å². The van der Waals surface area contributed by atoms with Gasteiger partial charge >= 0.3 is 6.09 Å². The first-order valence-corrected chi connectivity index (χ1v) is 7.79. The third-order valence-corrected chi connectivity index (χ3v) is 4.07. The van der Waals surface area contributed by atoms with Crippen molar-refractivity contribution < 1.29 is 13.9 Å². The van der Waals surface area contributed by atoms with Crippen molar-refractivity contribution in [3.05, 3.63) is 39.2 Å². The molecule has 0 spiro atoms. The number of carbonyl (C=O) groups is 1. The average molecular weight is 371 g/mol. The lowest BCUT2D eigenvalue weighted by Gasteiger charge is -2.15. The molecule has 0 radical (unpaired) electrons. The minimum absolute atomic E-state index is 0.345. The number of rotatable bonds is 1. The Morgan fingerprint density at radius 2 is 2.33 bits per heavy atom. The molecule has 1 aliphatic heterocycles. The Hall–Kier alpha value is -1.46. The zero-order valence-corrected chi connectivity index (χ0v) is 13.7. The molecule has 1 aromatic heterocycles. The zero-order valence-electron chi connectivity index (χ0n) is 11.4. The van der Waals surface area contributed by atoms with Gasteiger partial charge in [0, 0.05) is 34.6 Å². The van der Waals surface area contributed by atoms with Gasteiger partial charge in [-0.05, 0) is 25.1 Å². The monoisotopic (exact) mass is 369 g/mol. The second-order valence-electron chi connectivity index (χ2n) is 4.66. The van der Waals surface area contributed by atoms with E-state index < -0.39 is 0 Å². The average Bonchev–Trinajstić information content (AvgIpc) is 2.65. The molecule has 21 heavy (non-hydrogen) atoms. The van der Waals surface area contributed by atoms with Crippen molar-refractivity contribution in [1.29, 1.82) is 0 Å². The molecule has 0 saturated heterocycles. The first-order chi connectivity index (χ1) is 10.1. The van der Waals surface area contributed by atoms with Gasteiger partial charge in [0.25, 0.3) is 0 Å². The van der Waals surface area contributed by atoms with Crippen molar-refractivity contribution in [2.45, 2.75) is 13.3 Å². The SMILES string of the molecule is CCOC(=O)N1C=Cc2c(oc3c(Cl)cc(Br)cc23)CC1. The van der Waals surface area contributed by atoms with Crippen molar-refractivity contribution in [3.8, 4) is 0 Å². The molecule has 1 amide bonds. The van der Waals surface area contributed by atoms with Crippen LogP contribution in [-0.4, -0.2) is 24.1 Å². The van der Waals surface area contributed by atoms with Crippen LogP contribution < -0.4 is 0 Å². The number of halogens is 2. The lowest BCUT2D eigenvalue weighted by atomic mass is 10.1. The number of carbonyl (C=O) groups excluding carboxylic acids is 1. The quantitative estimate of drug-likeness (QED) is 0.722. The van der Waals surface area contributed by atoms with E-state index in [0.29, 0.717) is 30.2 Å². The summed E-state index contributed by atoms with van der Waals surface area (Å²) in [5, 5.41) is 1.51. The predicted octanol–water partition coefficient (Wildman–Crippen LogP) is 4.83. The summed E-state index contributed by atoms with van der Waals surface area (Å²) in [6.07, 6.45) is 3.87. The van der Waals surface area contributed by atoms with Crippen LogP contribution in [0.1, 0.15) is 18.2 Å². The van der Waals surface area contributed by atoms with E-state index in [9.17, 15) is 4.79 Å². The van der Waals surface area contributed by atoms with Crippen LogP contribution in [-0.2, 0) is 11.2 Å². The smallest absolute Gasteiger partial charge is 0.413 e. The largest absolute Gasteiger partial charge is 0.459 e. The van der Waals surface area contributed by atoms with Gasteiger partial charge < -0.3 is 9.15 Å². The van der Waals surface area contributed by atoms with E-state index in [1.807, 2.05) is 12.1 Å². The summed E-state index contributed by atoms with van der Waals surface area (Å²) in [5.74, 6) is 0.827. The molecule has 2 heterocycles. The topological polar surface area (TPSA) is 42.7 Å². The first kappa shape index (κ1) is 14.5. The number of nitrogens with zero attached hydrogens (tertiary/aromatic N) is 1. The number of furan rings is 1. The maximum atomic E-state index is 11.8. The van der Waals surface area contributed by atoms with Crippen LogP contribution >= 0.6 is 27.5 Å². The summed E-state index contributed by atoms with van der Waals surface area (Å²) >= 11 is 9.65. The van der Waals surface area contributed by atoms with E-state index in [4.69, 9.17) is 20.8 Å². The van der Waals surface area contributed by atoms with E-state index in [2.05, 4.69) is 15.9 Å². The van der Waals surface area contributed by atoms with Crippen LogP contribution in [0.25, 0.3) is 17.0 Å². The van der Waals surface area contributed by atoms with Crippen molar-refractivity contribution in [2.75, 3.05) is 13.2 Å². The van der Waals surface area contributed by atoms with Crippen molar-refractivity contribution in [3.63, 3.8) is 0 Å². The molecule has 0 bridgehead atoms. The van der Waals surface area contributed by atoms with Crippen LogP contribution in [0.4, 0.5) is 4.79 Å². The summed E-state index contributed by atoms with van der Waals surface area (Å²) in [4.78, 5) is 13.3. The molecule has 0 saturated carbocycles. The third kappa shape index (κ3) is 2.68. The second-order valence-corrected chi connectivity index (χ2v) is 5.98. The van der Waals surface area contributed by atoms with Crippen LogP contribution in [0.2, 0.25) is 5.02 Å². The summed E-state index contributed by atoms with van der Waals surface area (Å²) < 4.78 is 11.8. The van der Waals surface area contributed by atoms with Gasteiger partial charge in [-0.3, -0.25) is 4.90 Å². The molecule has 0 aliphatic carbocycles. The van der Waals surface area contributed by atoms with Gasteiger partial charge in [0.2, 0.25) is 0 Å². The third-order valence-electron chi connectivity index (χ3n) is 3.33. The molecule has 1 aromatic carbocycles.